The van der Waals surface area contributed by atoms with Gasteiger partial charge in [-0.3, -0.25) is 4.79 Å². The number of rotatable bonds is 5. The number of hydrogen-bond donors (Lipinski definition) is 2. The highest BCUT2D eigenvalue weighted by Gasteiger charge is 2.15. The van der Waals surface area contributed by atoms with Crippen LogP contribution in [0, 0.1) is 0 Å². The number of carbonyl (C=O) groups is 1. The quantitative estimate of drug-likeness (QED) is 0.718. The van der Waals surface area contributed by atoms with Gasteiger partial charge < -0.3 is 19.9 Å². The highest BCUT2D eigenvalue weighted by Crippen LogP contribution is 2.05. The van der Waals surface area contributed by atoms with Gasteiger partial charge in [0.15, 0.2) is 0 Å². The predicted octanol–water partition coefficient (Wildman–Crippen LogP) is -0.800. The Hall–Kier alpha value is -1.47. The summed E-state index contributed by atoms with van der Waals surface area (Å²) >= 11 is 0. The number of aromatic nitrogens is 3. The van der Waals surface area contributed by atoms with E-state index in [1.807, 2.05) is 11.6 Å². The van der Waals surface area contributed by atoms with Crippen LogP contribution in [0.4, 0.5) is 0 Å². The normalized spacial score (nSPS) is 16.7. The van der Waals surface area contributed by atoms with E-state index in [-0.39, 0.29) is 11.9 Å². The van der Waals surface area contributed by atoms with E-state index in [0.29, 0.717) is 13.1 Å². The van der Waals surface area contributed by atoms with E-state index in [1.54, 1.807) is 6.33 Å². The molecule has 1 amide bonds. The molecule has 0 aromatic carbocycles. The molecule has 18 heavy (non-hydrogen) atoms. The molecule has 1 saturated heterocycles. The Labute approximate surface area is 106 Å². The summed E-state index contributed by atoms with van der Waals surface area (Å²) in [6, 6.07) is 0.253. The third-order valence-electron chi connectivity index (χ3n) is 2.96. The van der Waals surface area contributed by atoms with Crippen molar-refractivity contribution in [1.82, 2.24) is 25.4 Å². The van der Waals surface area contributed by atoms with Crippen LogP contribution in [0.3, 0.4) is 0 Å². The maximum absolute atomic E-state index is 11.7. The van der Waals surface area contributed by atoms with E-state index in [9.17, 15) is 4.79 Å². The zero-order chi connectivity index (χ0) is 12.8. The molecule has 7 nitrogen and oxygen atoms in total. The Balaban J connectivity index is 1.64. The van der Waals surface area contributed by atoms with E-state index in [1.165, 1.54) is 0 Å². The molecule has 1 fully saturated rings. The van der Waals surface area contributed by atoms with Crippen LogP contribution in [0.5, 0.6) is 0 Å². The maximum Gasteiger partial charge on any atom is 0.234 e. The number of ether oxygens (including phenoxy) is 1. The summed E-state index contributed by atoms with van der Waals surface area (Å²) < 4.78 is 7.06. The van der Waals surface area contributed by atoms with Gasteiger partial charge in [-0.05, 0) is 12.8 Å². The molecular weight excluding hydrogens is 234 g/mol. The van der Waals surface area contributed by atoms with Crippen molar-refractivity contribution >= 4 is 5.91 Å². The monoisotopic (exact) mass is 253 g/mol. The van der Waals surface area contributed by atoms with Gasteiger partial charge in [-0.2, -0.15) is 0 Å². The second-order valence-electron chi connectivity index (χ2n) is 4.42. The van der Waals surface area contributed by atoms with Crippen LogP contribution in [-0.2, 0) is 23.1 Å². The molecule has 0 aliphatic carbocycles. The van der Waals surface area contributed by atoms with Gasteiger partial charge in [0.1, 0.15) is 12.2 Å². The van der Waals surface area contributed by atoms with Crippen LogP contribution in [0.15, 0.2) is 6.33 Å². The van der Waals surface area contributed by atoms with Crippen LogP contribution in [0.2, 0.25) is 0 Å². The second-order valence-corrected chi connectivity index (χ2v) is 4.42. The Bertz CT molecular complexity index is 387. The topological polar surface area (TPSA) is 81.1 Å². The molecule has 2 rings (SSSR count). The van der Waals surface area contributed by atoms with Crippen LogP contribution in [0.1, 0.15) is 18.7 Å². The van der Waals surface area contributed by atoms with Gasteiger partial charge in [-0.15, -0.1) is 10.2 Å². The van der Waals surface area contributed by atoms with Gasteiger partial charge in [0.2, 0.25) is 5.91 Å². The second kappa shape index (κ2) is 6.46. The summed E-state index contributed by atoms with van der Waals surface area (Å²) in [6.45, 7) is 2.30. The van der Waals surface area contributed by atoms with E-state index < -0.39 is 0 Å². The summed E-state index contributed by atoms with van der Waals surface area (Å²) in [5.74, 6) is 0.831. The fraction of sp³-hybridized carbons (Fsp3) is 0.727. The molecule has 2 heterocycles. The molecule has 0 radical (unpaired) electrons. The minimum absolute atomic E-state index is 0.0177. The lowest BCUT2D eigenvalue weighted by Crippen LogP contribution is -2.43. The third-order valence-corrected chi connectivity index (χ3v) is 2.96. The molecule has 0 saturated carbocycles. The van der Waals surface area contributed by atoms with Crippen molar-refractivity contribution in [2.75, 3.05) is 19.8 Å². The molecule has 1 aliphatic rings. The summed E-state index contributed by atoms with van der Waals surface area (Å²) in [6.07, 6.45) is 3.43. The minimum atomic E-state index is 0.0177. The summed E-state index contributed by atoms with van der Waals surface area (Å²) in [5.41, 5.74) is 0. The zero-order valence-electron chi connectivity index (χ0n) is 10.6. The number of nitrogens with one attached hydrogen (secondary N) is 2. The number of aryl methyl sites for hydroxylation is 1. The number of amides is 1. The van der Waals surface area contributed by atoms with Crippen LogP contribution in [-0.4, -0.2) is 46.5 Å². The van der Waals surface area contributed by atoms with Gasteiger partial charge in [0.25, 0.3) is 0 Å². The van der Waals surface area contributed by atoms with Crippen molar-refractivity contribution in [3.8, 4) is 0 Å². The van der Waals surface area contributed by atoms with Crippen molar-refractivity contribution < 1.29 is 9.53 Å². The fourth-order valence-corrected chi connectivity index (χ4v) is 1.88. The lowest BCUT2D eigenvalue weighted by Gasteiger charge is -2.23. The first kappa shape index (κ1) is 13.0. The lowest BCUT2D eigenvalue weighted by atomic mass is 10.1. The van der Waals surface area contributed by atoms with Crippen LogP contribution >= 0.6 is 0 Å². The van der Waals surface area contributed by atoms with Crippen LogP contribution in [0.25, 0.3) is 0 Å². The molecule has 1 aromatic heterocycles. The molecule has 1 aromatic rings. The lowest BCUT2D eigenvalue weighted by molar-refractivity contribution is -0.121. The molecule has 7 heteroatoms. The molecular formula is C11H19N5O2. The van der Waals surface area contributed by atoms with Gasteiger partial charge in [-0.1, -0.05) is 0 Å². The Morgan fingerprint density at radius 2 is 2.33 bits per heavy atom. The molecule has 0 bridgehead atoms. The summed E-state index contributed by atoms with van der Waals surface area (Å²) in [5, 5.41) is 13.7. The third kappa shape index (κ3) is 3.78. The highest BCUT2D eigenvalue weighted by molar-refractivity contribution is 5.78. The molecule has 0 unspecified atom stereocenters. The molecule has 0 atom stereocenters. The molecule has 100 valence electrons. The first-order valence-electron chi connectivity index (χ1n) is 6.16. The average Bonchev–Trinajstić information content (AvgIpc) is 2.76. The van der Waals surface area contributed by atoms with Gasteiger partial charge >= 0.3 is 0 Å². The van der Waals surface area contributed by atoms with Gasteiger partial charge in [0.05, 0.1) is 13.1 Å². The van der Waals surface area contributed by atoms with Crippen molar-refractivity contribution in [1.29, 1.82) is 0 Å². The van der Waals surface area contributed by atoms with Gasteiger partial charge in [-0.25, -0.2) is 0 Å². The highest BCUT2D eigenvalue weighted by atomic mass is 16.5. The fourth-order valence-electron chi connectivity index (χ4n) is 1.88. The zero-order valence-corrected chi connectivity index (χ0v) is 10.6. The smallest absolute Gasteiger partial charge is 0.234 e. The molecule has 1 aliphatic heterocycles. The summed E-state index contributed by atoms with van der Waals surface area (Å²) in [7, 11) is 1.87. The predicted molar refractivity (Wildman–Crippen MR) is 64.7 cm³/mol. The summed E-state index contributed by atoms with van der Waals surface area (Å²) in [4.78, 5) is 11.7. The maximum atomic E-state index is 11.7. The first-order chi connectivity index (χ1) is 8.75. The number of hydrogen-bond acceptors (Lipinski definition) is 5. The molecule has 2 N–H and O–H groups in total. The first-order valence-corrected chi connectivity index (χ1v) is 6.16. The standard InChI is InChI=1S/C11H19N5O2/c1-16-8-13-15-10(16)6-12-7-11(17)14-9-2-4-18-5-3-9/h8-9,12H,2-7H2,1H3,(H,14,17). The number of carbonyl (C=O) groups excluding carboxylic acids is 1. The SMILES string of the molecule is Cn1cnnc1CNCC(=O)NC1CCOCC1. The van der Waals surface area contributed by atoms with Gasteiger partial charge in [0, 0.05) is 26.3 Å². The van der Waals surface area contributed by atoms with Crippen molar-refractivity contribution in [2.24, 2.45) is 7.05 Å². The largest absolute Gasteiger partial charge is 0.381 e. The Morgan fingerprint density at radius 1 is 1.56 bits per heavy atom. The molecule has 0 spiro atoms. The van der Waals surface area contributed by atoms with Crippen LogP contribution < -0.4 is 10.6 Å². The van der Waals surface area contributed by atoms with E-state index in [2.05, 4.69) is 20.8 Å². The Morgan fingerprint density at radius 3 is 3.00 bits per heavy atom. The van der Waals surface area contributed by atoms with Crippen molar-refractivity contribution in [3.05, 3.63) is 12.2 Å². The van der Waals surface area contributed by atoms with Crippen molar-refractivity contribution in [3.63, 3.8) is 0 Å². The average molecular weight is 253 g/mol. The van der Waals surface area contributed by atoms with E-state index >= 15 is 0 Å². The number of nitrogens with zero attached hydrogens (tertiary/aromatic N) is 3. The van der Waals surface area contributed by atoms with E-state index in [4.69, 9.17) is 4.74 Å². The van der Waals surface area contributed by atoms with E-state index in [0.717, 1.165) is 31.9 Å². The van der Waals surface area contributed by atoms with Crippen molar-refractivity contribution in [2.45, 2.75) is 25.4 Å². The Kier molecular flexibility index (Phi) is 4.66. The minimum Gasteiger partial charge on any atom is -0.381 e.